The summed E-state index contributed by atoms with van der Waals surface area (Å²) in [6.45, 7) is 16.7. The van der Waals surface area contributed by atoms with Gasteiger partial charge in [-0.1, -0.05) is 52.5 Å². The third kappa shape index (κ3) is 14.7. The zero-order valence-corrected chi connectivity index (χ0v) is 13.0. The fraction of sp³-hybridized carbons (Fsp3) is 0.500. The van der Waals surface area contributed by atoms with E-state index in [0.717, 1.165) is 11.3 Å². The van der Waals surface area contributed by atoms with Crippen molar-refractivity contribution in [2.24, 2.45) is 5.73 Å². The zero-order valence-electron chi connectivity index (χ0n) is 13.0. The summed E-state index contributed by atoms with van der Waals surface area (Å²) in [6.07, 6.45) is 9.56. The van der Waals surface area contributed by atoms with Gasteiger partial charge in [-0.2, -0.15) is 0 Å². The Morgan fingerprint density at radius 1 is 1.17 bits per heavy atom. The van der Waals surface area contributed by atoms with E-state index in [9.17, 15) is 0 Å². The summed E-state index contributed by atoms with van der Waals surface area (Å²) in [7, 11) is 0. The zero-order chi connectivity index (χ0) is 14.8. The summed E-state index contributed by atoms with van der Waals surface area (Å²) < 4.78 is 5.40. The lowest BCUT2D eigenvalue weighted by atomic mass is 10.2. The highest BCUT2D eigenvalue weighted by Gasteiger charge is 1.92. The van der Waals surface area contributed by atoms with Crippen LogP contribution in [0.3, 0.4) is 0 Å². The maximum Gasteiger partial charge on any atom is 0.115 e. The Labute approximate surface area is 114 Å². The molecule has 0 aliphatic rings. The Kier molecular flexibility index (Phi) is 25.7. The molecule has 0 saturated heterocycles. The highest BCUT2D eigenvalue weighted by atomic mass is 16.5. The third-order valence-corrected chi connectivity index (χ3v) is 1.57. The van der Waals surface area contributed by atoms with Gasteiger partial charge in [0.05, 0.1) is 0 Å². The van der Waals surface area contributed by atoms with Crippen molar-refractivity contribution in [1.82, 2.24) is 0 Å². The lowest BCUT2D eigenvalue weighted by Gasteiger charge is -2.05. The van der Waals surface area contributed by atoms with Gasteiger partial charge < -0.3 is 10.5 Å². The molecule has 0 spiro atoms. The molecule has 0 fully saturated rings. The molecule has 0 unspecified atom stereocenters. The van der Waals surface area contributed by atoms with E-state index in [2.05, 4.69) is 6.58 Å². The van der Waals surface area contributed by atoms with Crippen molar-refractivity contribution in [3.05, 3.63) is 48.3 Å². The first-order valence-corrected chi connectivity index (χ1v) is 6.74. The third-order valence-electron chi connectivity index (χ3n) is 1.57. The first kappa shape index (κ1) is 21.9. The predicted molar refractivity (Wildman–Crippen MR) is 84.6 cm³/mol. The minimum absolute atomic E-state index is 0.526. The number of ether oxygens (including phenoxy) is 1. The van der Waals surface area contributed by atoms with Crippen LogP contribution >= 0.6 is 0 Å². The molecule has 2 N–H and O–H groups in total. The Morgan fingerprint density at radius 3 is 2.06 bits per heavy atom. The molecule has 0 aliphatic heterocycles. The molecule has 0 aromatic carbocycles. The van der Waals surface area contributed by atoms with Gasteiger partial charge >= 0.3 is 0 Å². The molecule has 0 saturated carbocycles. The quantitative estimate of drug-likeness (QED) is 0.554. The highest BCUT2D eigenvalue weighted by molar-refractivity contribution is 5.34. The summed E-state index contributed by atoms with van der Waals surface area (Å²) in [6, 6.07) is 0. The number of hydrogen-bond acceptors (Lipinski definition) is 2. The van der Waals surface area contributed by atoms with Crippen molar-refractivity contribution in [1.29, 1.82) is 0 Å². The molecule has 0 aromatic rings. The average Bonchev–Trinajstić information content (AvgIpc) is 2.46. The number of allylic oxidation sites excluding steroid dienone is 6. The minimum atomic E-state index is 0.526. The Bertz CT molecular complexity index is 250. The van der Waals surface area contributed by atoms with E-state index in [1.165, 1.54) is 0 Å². The van der Waals surface area contributed by atoms with E-state index in [1.807, 2.05) is 65.8 Å². The van der Waals surface area contributed by atoms with Gasteiger partial charge in [-0.05, 0) is 31.6 Å². The van der Waals surface area contributed by atoms with Crippen LogP contribution in [0.2, 0.25) is 0 Å². The standard InChI is InChI=1S/C12H19NO.2C2H6/c1-4-7-11(5-2)10-12(6-3)14-9-8-13;2*1-2/h4-7,10H,2,8-9,13H2,1,3H3;2*1-2H3/b7-4+,11-10+,12-6+;;. The van der Waals surface area contributed by atoms with E-state index >= 15 is 0 Å². The highest BCUT2D eigenvalue weighted by Crippen LogP contribution is 2.06. The topological polar surface area (TPSA) is 35.2 Å². The summed E-state index contributed by atoms with van der Waals surface area (Å²) in [5.41, 5.74) is 6.37. The van der Waals surface area contributed by atoms with Crippen LogP contribution in [-0.2, 0) is 4.74 Å². The predicted octanol–water partition coefficient (Wildman–Crippen LogP) is 4.61. The van der Waals surface area contributed by atoms with Crippen molar-refractivity contribution in [3.8, 4) is 0 Å². The molecule has 0 heterocycles. The number of nitrogens with two attached hydrogens (primary N) is 1. The van der Waals surface area contributed by atoms with E-state index in [-0.39, 0.29) is 0 Å². The summed E-state index contributed by atoms with van der Waals surface area (Å²) in [5.74, 6) is 0.823. The van der Waals surface area contributed by atoms with Crippen LogP contribution in [0.15, 0.2) is 48.3 Å². The molecule has 18 heavy (non-hydrogen) atoms. The van der Waals surface area contributed by atoms with E-state index in [0.29, 0.717) is 13.2 Å². The summed E-state index contributed by atoms with van der Waals surface area (Å²) in [4.78, 5) is 0. The number of hydrogen-bond donors (Lipinski definition) is 1. The molecular formula is C16H31NO. The van der Waals surface area contributed by atoms with Crippen LogP contribution in [0.25, 0.3) is 0 Å². The second-order valence-electron chi connectivity index (χ2n) is 2.68. The molecule has 0 bridgehead atoms. The van der Waals surface area contributed by atoms with Crippen LogP contribution in [0.4, 0.5) is 0 Å². The van der Waals surface area contributed by atoms with Gasteiger partial charge in [0.2, 0.25) is 0 Å². The van der Waals surface area contributed by atoms with Crippen molar-refractivity contribution in [2.45, 2.75) is 41.5 Å². The minimum Gasteiger partial charge on any atom is -0.493 e. The largest absolute Gasteiger partial charge is 0.493 e. The number of rotatable bonds is 6. The molecule has 2 nitrogen and oxygen atoms in total. The summed E-state index contributed by atoms with van der Waals surface area (Å²) >= 11 is 0. The Hall–Kier alpha value is -1.28. The van der Waals surface area contributed by atoms with Crippen molar-refractivity contribution < 1.29 is 4.74 Å². The van der Waals surface area contributed by atoms with Crippen LogP contribution in [0, 0.1) is 0 Å². The molecule has 0 radical (unpaired) electrons. The molecule has 0 atom stereocenters. The monoisotopic (exact) mass is 253 g/mol. The maximum absolute atomic E-state index is 5.40. The second-order valence-corrected chi connectivity index (χ2v) is 2.68. The van der Waals surface area contributed by atoms with Gasteiger partial charge in [0.15, 0.2) is 0 Å². The van der Waals surface area contributed by atoms with E-state index < -0.39 is 0 Å². The maximum atomic E-state index is 5.40. The molecule has 106 valence electrons. The molecule has 0 aromatic heterocycles. The Morgan fingerprint density at radius 2 is 1.72 bits per heavy atom. The average molecular weight is 253 g/mol. The van der Waals surface area contributed by atoms with Gasteiger partial charge in [-0.15, -0.1) is 0 Å². The van der Waals surface area contributed by atoms with E-state index in [4.69, 9.17) is 10.5 Å². The first-order chi connectivity index (χ1) is 8.78. The lowest BCUT2D eigenvalue weighted by Crippen LogP contribution is -2.07. The van der Waals surface area contributed by atoms with Gasteiger partial charge in [0.25, 0.3) is 0 Å². The second kappa shape index (κ2) is 21.1. The van der Waals surface area contributed by atoms with Crippen molar-refractivity contribution >= 4 is 0 Å². The molecule has 2 heteroatoms. The van der Waals surface area contributed by atoms with Crippen LogP contribution in [0.5, 0.6) is 0 Å². The Balaban J connectivity index is -0.000000506. The normalized spacial score (nSPS) is 11.1. The van der Waals surface area contributed by atoms with Crippen LogP contribution in [0.1, 0.15) is 41.5 Å². The fourth-order valence-electron chi connectivity index (χ4n) is 0.917. The van der Waals surface area contributed by atoms with Gasteiger partial charge in [-0.3, -0.25) is 0 Å². The molecule has 0 rings (SSSR count). The van der Waals surface area contributed by atoms with Gasteiger partial charge in [0.1, 0.15) is 12.4 Å². The van der Waals surface area contributed by atoms with Crippen molar-refractivity contribution in [3.63, 3.8) is 0 Å². The fourth-order valence-corrected chi connectivity index (χ4v) is 0.917. The van der Waals surface area contributed by atoms with E-state index in [1.54, 1.807) is 6.08 Å². The van der Waals surface area contributed by atoms with Crippen LogP contribution in [-0.4, -0.2) is 13.2 Å². The molecule has 0 aliphatic carbocycles. The SMILES string of the molecule is C=CC(/C=C/C)=C\C(=C/C)OCCN.CC.CC. The van der Waals surface area contributed by atoms with Gasteiger partial charge in [0, 0.05) is 6.54 Å². The van der Waals surface area contributed by atoms with Gasteiger partial charge in [-0.25, -0.2) is 0 Å². The van der Waals surface area contributed by atoms with Crippen molar-refractivity contribution in [2.75, 3.05) is 13.2 Å². The summed E-state index contributed by atoms with van der Waals surface area (Å²) in [5, 5.41) is 0. The molecular weight excluding hydrogens is 222 g/mol. The van der Waals surface area contributed by atoms with Crippen LogP contribution < -0.4 is 5.73 Å². The first-order valence-electron chi connectivity index (χ1n) is 6.74. The smallest absolute Gasteiger partial charge is 0.115 e. The lowest BCUT2D eigenvalue weighted by molar-refractivity contribution is 0.233. The molecule has 0 amide bonds.